The zero-order valence-electron chi connectivity index (χ0n) is 20.6. The SMILES string of the molecule is CC(C)(C)OC(=O)Cc1ccc2c(c1)N(S(=O)(=O)c1ccc(F)cc1)C[C@H](CCNC(=O)C1CC1)O2. The Kier molecular flexibility index (Phi) is 7.26. The van der Waals surface area contributed by atoms with Gasteiger partial charge in [-0.2, -0.15) is 0 Å². The first-order chi connectivity index (χ1) is 16.9. The molecule has 4 rings (SSSR count). The molecule has 1 N–H and O–H groups in total. The number of anilines is 1. The third kappa shape index (κ3) is 6.34. The first-order valence-electron chi connectivity index (χ1n) is 12.0. The van der Waals surface area contributed by atoms with E-state index < -0.39 is 33.5 Å². The molecule has 1 saturated carbocycles. The van der Waals surface area contributed by atoms with Crippen LogP contribution in [-0.2, 0) is 30.8 Å². The Morgan fingerprint density at radius 3 is 2.47 bits per heavy atom. The van der Waals surface area contributed by atoms with Crippen LogP contribution in [-0.4, -0.2) is 45.1 Å². The van der Waals surface area contributed by atoms with E-state index in [1.54, 1.807) is 39.0 Å². The average Bonchev–Trinajstić information content (AvgIpc) is 3.63. The molecule has 0 saturated heterocycles. The van der Waals surface area contributed by atoms with Gasteiger partial charge in [-0.05, 0) is 75.6 Å². The number of rotatable bonds is 8. The molecule has 10 heteroatoms. The highest BCUT2D eigenvalue weighted by Crippen LogP contribution is 2.38. The molecule has 2 aromatic rings. The molecule has 1 heterocycles. The molecule has 0 aromatic heterocycles. The fourth-order valence-corrected chi connectivity index (χ4v) is 5.47. The first kappa shape index (κ1) is 25.9. The number of ether oxygens (including phenoxy) is 2. The summed E-state index contributed by atoms with van der Waals surface area (Å²) >= 11 is 0. The van der Waals surface area contributed by atoms with Gasteiger partial charge in [-0.25, -0.2) is 12.8 Å². The molecule has 36 heavy (non-hydrogen) atoms. The molecule has 2 aliphatic rings. The maximum atomic E-state index is 13.6. The number of nitrogens with zero attached hydrogens (tertiary/aromatic N) is 1. The minimum Gasteiger partial charge on any atom is -0.486 e. The molecule has 0 bridgehead atoms. The van der Waals surface area contributed by atoms with E-state index in [9.17, 15) is 22.4 Å². The summed E-state index contributed by atoms with van der Waals surface area (Å²) in [5.41, 5.74) is 0.216. The van der Waals surface area contributed by atoms with Crippen molar-refractivity contribution >= 4 is 27.6 Å². The fraction of sp³-hybridized carbons (Fsp3) is 0.462. The Balaban J connectivity index is 1.59. The van der Waals surface area contributed by atoms with E-state index in [1.165, 1.54) is 16.4 Å². The van der Waals surface area contributed by atoms with E-state index in [2.05, 4.69) is 5.32 Å². The number of hydrogen-bond donors (Lipinski definition) is 1. The Hall–Kier alpha value is -3.14. The van der Waals surface area contributed by atoms with Crippen molar-refractivity contribution in [1.29, 1.82) is 0 Å². The monoisotopic (exact) mass is 518 g/mol. The molecule has 0 spiro atoms. The van der Waals surface area contributed by atoms with Crippen LogP contribution in [0.4, 0.5) is 10.1 Å². The largest absolute Gasteiger partial charge is 0.486 e. The molecule has 1 aliphatic heterocycles. The van der Waals surface area contributed by atoms with Gasteiger partial charge in [0.15, 0.2) is 0 Å². The van der Waals surface area contributed by atoms with Crippen LogP contribution in [0, 0.1) is 11.7 Å². The molecule has 2 aromatic carbocycles. The first-order valence-corrected chi connectivity index (χ1v) is 13.4. The van der Waals surface area contributed by atoms with Crippen LogP contribution in [0.25, 0.3) is 0 Å². The van der Waals surface area contributed by atoms with Crippen LogP contribution in [0.3, 0.4) is 0 Å². The van der Waals surface area contributed by atoms with Crippen molar-refractivity contribution in [3.05, 3.63) is 53.8 Å². The summed E-state index contributed by atoms with van der Waals surface area (Å²) in [4.78, 5) is 24.3. The number of amides is 1. The van der Waals surface area contributed by atoms with Crippen molar-refractivity contribution in [2.75, 3.05) is 17.4 Å². The summed E-state index contributed by atoms with van der Waals surface area (Å²) in [6.45, 7) is 5.68. The van der Waals surface area contributed by atoms with Crippen molar-refractivity contribution in [1.82, 2.24) is 5.32 Å². The van der Waals surface area contributed by atoms with Crippen LogP contribution >= 0.6 is 0 Å². The van der Waals surface area contributed by atoms with Crippen molar-refractivity contribution in [2.45, 2.75) is 63.1 Å². The number of carbonyl (C=O) groups is 2. The molecule has 0 unspecified atom stereocenters. The second-order valence-corrected chi connectivity index (χ2v) is 12.0. The third-order valence-electron chi connectivity index (χ3n) is 5.84. The van der Waals surface area contributed by atoms with Crippen LogP contribution < -0.4 is 14.4 Å². The van der Waals surface area contributed by atoms with E-state index in [4.69, 9.17) is 9.47 Å². The van der Waals surface area contributed by atoms with Crippen molar-refractivity contribution in [2.24, 2.45) is 5.92 Å². The highest BCUT2D eigenvalue weighted by molar-refractivity contribution is 7.92. The number of nitrogens with one attached hydrogen (secondary N) is 1. The zero-order valence-corrected chi connectivity index (χ0v) is 21.4. The van der Waals surface area contributed by atoms with Crippen molar-refractivity contribution in [3.63, 3.8) is 0 Å². The average molecular weight is 519 g/mol. The summed E-state index contributed by atoms with van der Waals surface area (Å²) in [6, 6.07) is 9.56. The van der Waals surface area contributed by atoms with Gasteiger partial charge in [0.25, 0.3) is 10.0 Å². The Morgan fingerprint density at radius 1 is 1.14 bits per heavy atom. The van der Waals surface area contributed by atoms with E-state index in [1.807, 2.05) is 0 Å². The second kappa shape index (κ2) is 10.1. The van der Waals surface area contributed by atoms with Gasteiger partial charge >= 0.3 is 5.97 Å². The van der Waals surface area contributed by atoms with Gasteiger partial charge in [0.2, 0.25) is 5.91 Å². The standard InChI is InChI=1S/C26H31FN2O6S/c1-26(2,3)35-24(30)15-17-4-11-23-22(14-17)29(36(32,33)21-9-7-19(27)8-10-21)16-20(34-23)12-13-28-25(31)18-5-6-18/h4,7-11,14,18,20H,5-6,12-13,15-16H2,1-3H3,(H,28,31)/t20-/m0/s1. The van der Waals surface area contributed by atoms with Gasteiger partial charge in [0.1, 0.15) is 23.3 Å². The zero-order chi connectivity index (χ0) is 26.1. The summed E-state index contributed by atoms with van der Waals surface area (Å²) in [5, 5.41) is 2.88. The molecule has 1 fully saturated rings. The molecule has 8 nitrogen and oxygen atoms in total. The minimum absolute atomic E-state index is 0.00188. The topological polar surface area (TPSA) is 102 Å². The summed E-state index contributed by atoms with van der Waals surface area (Å²) < 4.78 is 53.4. The van der Waals surface area contributed by atoms with Gasteiger partial charge in [-0.3, -0.25) is 13.9 Å². The lowest BCUT2D eigenvalue weighted by atomic mass is 10.1. The lowest BCUT2D eigenvalue weighted by Crippen LogP contribution is -2.45. The number of sulfonamides is 1. The maximum Gasteiger partial charge on any atom is 0.310 e. The predicted molar refractivity (Wildman–Crippen MR) is 132 cm³/mol. The molecule has 194 valence electrons. The molecule has 1 aliphatic carbocycles. The lowest BCUT2D eigenvalue weighted by molar-refractivity contribution is -0.153. The van der Waals surface area contributed by atoms with E-state index in [0.29, 0.717) is 30.0 Å². The molecular formula is C26H31FN2O6S. The van der Waals surface area contributed by atoms with Crippen LogP contribution in [0.1, 0.15) is 45.6 Å². The highest BCUT2D eigenvalue weighted by Gasteiger charge is 2.35. The molecule has 1 atom stereocenters. The van der Waals surface area contributed by atoms with Gasteiger partial charge in [-0.15, -0.1) is 0 Å². The maximum absolute atomic E-state index is 13.6. The smallest absolute Gasteiger partial charge is 0.310 e. The number of carbonyl (C=O) groups excluding carboxylic acids is 2. The number of hydrogen-bond acceptors (Lipinski definition) is 6. The van der Waals surface area contributed by atoms with Gasteiger partial charge in [0.05, 0.1) is 23.5 Å². The van der Waals surface area contributed by atoms with Gasteiger partial charge in [-0.1, -0.05) is 6.07 Å². The predicted octanol–water partition coefficient (Wildman–Crippen LogP) is 3.58. The van der Waals surface area contributed by atoms with E-state index >= 15 is 0 Å². The number of fused-ring (bicyclic) bond motifs is 1. The Bertz CT molecular complexity index is 1240. The quantitative estimate of drug-likeness (QED) is 0.536. The van der Waals surface area contributed by atoms with Gasteiger partial charge in [0, 0.05) is 18.9 Å². The van der Waals surface area contributed by atoms with E-state index in [0.717, 1.165) is 25.0 Å². The summed E-state index contributed by atoms with van der Waals surface area (Å²) in [6.07, 6.45) is 1.66. The lowest BCUT2D eigenvalue weighted by Gasteiger charge is -2.36. The Labute approximate surface area is 210 Å². The molecule has 1 amide bonds. The van der Waals surface area contributed by atoms with Gasteiger partial charge < -0.3 is 14.8 Å². The molecule has 0 radical (unpaired) electrons. The minimum atomic E-state index is -4.06. The van der Waals surface area contributed by atoms with Crippen LogP contribution in [0.2, 0.25) is 0 Å². The summed E-state index contributed by atoms with van der Waals surface area (Å²) in [7, 11) is -4.06. The second-order valence-electron chi connectivity index (χ2n) is 10.1. The number of halogens is 1. The normalized spacial score (nSPS) is 17.7. The van der Waals surface area contributed by atoms with Crippen molar-refractivity contribution in [3.8, 4) is 5.75 Å². The highest BCUT2D eigenvalue weighted by atomic mass is 32.2. The number of esters is 1. The Morgan fingerprint density at radius 2 is 1.83 bits per heavy atom. The number of benzene rings is 2. The fourth-order valence-electron chi connectivity index (χ4n) is 3.97. The summed E-state index contributed by atoms with van der Waals surface area (Å²) in [5.74, 6) is -0.541. The van der Waals surface area contributed by atoms with E-state index in [-0.39, 0.29) is 29.7 Å². The van der Waals surface area contributed by atoms with Crippen LogP contribution in [0.15, 0.2) is 47.4 Å². The van der Waals surface area contributed by atoms with Crippen LogP contribution in [0.5, 0.6) is 5.75 Å². The third-order valence-corrected chi connectivity index (χ3v) is 7.63. The molecular weight excluding hydrogens is 487 g/mol. The van der Waals surface area contributed by atoms with Crippen molar-refractivity contribution < 1.29 is 31.9 Å².